The van der Waals surface area contributed by atoms with Crippen LogP contribution in [0, 0.1) is 5.92 Å². The van der Waals surface area contributed by atoms with E-state index in [0.29, 0.717) is 5.92 Å². The smallest absolute Gasteiger partial charge is 0.138 e. The summed E-state index contributed by atoms with van der Waals surface area (Å²) in [4.78, 5) is 9.20. The number of aromatic nitrogens is 2. The first-order chi connectivity index (χ1) is 14.7. The lowest BCUT2D eigenvalue weighted by Crippen LogP contribution is -2.26. The Labute approximate surface area is 179 Å². The Balaban J connectivity index is 1.40. The van der Waals surface area contributed by atoms with Crippen LogP contribution >= 0.6 is 11.3 Å². The van der Waals surface area contributed by atoms with Gasteiger partial charge in [0, 0.05) is 30.1 Å². The number of hydrogen-bond donors (Lipinski definition) is 1. The van der Waals surface area contributed by atoms with Crippen LogP contribution in [0.15, 0.2) is 48.7 Å². The highest BCUT2D eigenvalue weighted by atomic mass is 32.1. The van der Waals surface area contributed by atoms with E-state index in [1.165, 1.54) is 6.42 Å². The molecule has 0 saturated heterocycles. The molecule has 1 saturated carbocycles. The quantitative estimate of drug-likeness (QED) is 0.446. The van der Waals surface area contributed by atoms with E-state index in [-0.39, 0.29) is 6.10 Å². The van der Waals surface area contributed by atoms with Crippen molar-refractivity contribution in [3.63, 3.8) is 0 Å². The zero-order valence-corrected chi connectivity index (χ0v) is 17.7. The summed E-state index contributed by atoms with van der Waals surface area (Å²) in [7, 11) is 1.65. The number of nitrogens with zero attached hydrogens (tertiary/aromatic N) is 2. The van der Waals surface area contributed by atoms with Gasteiger partial charge in [0.2, 0.25) is 0 Å². The number of benzene rings is 2. The van der Waals surface area contributed by atoms with Crippen LogP contribution in [0.2, 0.25) is 0 Å². The third kappa shape index (κ3) is 3.85. The third-order valence-electron chi connectivity index (χ3n) is 5.85. The minimum absolute atomic E-state index is 0.191. The largest absolute Gasteiger partial charge is 0.497 e. The first kappa shape index (κ1) is 19.3. The van der Waals surface area contributed by atoms with Gasteiger partial charge in [-0.3, -0.25) is 4.98 Å². The predicted molar refractivity (Wildman–Crippen MR) is 120 cm³/mol. The number of ether oxygens (including phenoxy) is 2. The maximum absolute atomic E-state index is 10.3. The van der Waals surface area contributed by atoms with Crippen molar-refractivity contribution in [2.24, 2.45) is 5.92 Å². The Kier molecular flexibility index (Phi) is 5.27. The SMILES string of the molecule is COc1ccc2c(Oc3ccc4nc(C[C@@H]5CCCC[C@H]5O)sc4c3)ccnc2c1. The van der Waals surface area contributed by atoms with E-state index in [2.05, 4.69) is 4.98 Å². The molecule has 0 aliphatic heterocycles. The van der Waals surface area contributed by atoms with Crippen molar-refractivity contribution in [3.05, 3.63) is 53.7 Å². The topological polar surface area (TPSA) is 64.5 Å². The molecule has 2 aromatic carbocycles. The van der Waals surface area contributed by atoms with Crippen molar-refractivity contribution in [2.75, 3.05) is 7.11 Å². The lowest BCUT2D eigenvalue weighted by atomic mass is 9.84. The van der Waals surface area contributed by atoms with E-state index in [1.54, 1.807) is 24.6 Å². The number of fused-ring (bicyclic) bond motifs is 2. The second-order valence-corrected chi connectivity index (χ2v) is 8.96. The van der Waals surface area contributed by atoms with Crippen LogP contribution in [0.25, 0.3) is 21.1 Å². The van der Waals surface area contributed by atoms with Crippen LogP contribution in [0.3, 0.4) is 0 Å². The van der Waals surface area contributed by atoms with E-state index in [0.717, 1.165) is 69.1 Å². The molecule has 2 heterocycles. The van der Waals surface area contributed by atoms with E-state index in [4.69, 9.17) is 14.5 Å². The fourth-order valence-corrected chi connectivity index (χ4v) is 5.29. The predicted octanol–water partition coefficient (Wildman–Crippen LogP) is 5.74. The minimum Gasteiger partial charge on any atom is -0.497 e. The summed E-state index contributed by atoms with van der Waals surface area (Å²) in [5.41, 5.74) is 1.82. The molecular weight excluding hydrogens is 396 g/mol. The molecule has 0 amide bonds. The highest BCUT2D eigenvalue weighted by molar-refractivity contribution is 7.18. The van der Waals surface area contributed by atoms with Crippen molar-refractivity contribution < 1.29 is 14.6 Å². The molecule has 2 atom stereocenters. The Hall–Kier alpha value is -2.70. The van der Waals surface area contributed by atoms with Gasteiger partial charge >= 0.3 is 0 Å². The molecule has 5 nitrogen and oxygen atoms in total. The first-order valence-electron chi connectivity index (χ1n) is 10.4. The lowest BCUT2D eigenvalue weighted by Gasteiger charge is -2.26. The van der Waals surface area contributed by atoms with E-state index in [9.17, 15) is 5.11 Å². The molecular formula is C24H24N2O3S. The number of aliphatic hydroxyl groups is 1. The second-order valence-electron chi connectivity index (χ2n) is 7.85. The summed E-state index contributed by atoms with van der Waals surface area (Å²) >= 11 is 1.70. The standard InChI is InChI=1S/C24H24N2O3S/c1-28-16-6-8-18-20(13-16)25-11-10-22(18)29-17-7-9-19-23(14-17)30-24(26-19)12-15-4-2-3-5-21(15)27/h6-11,13-15,21,27H,2-5,12H2,1H3/t15-,21+/m0/s1. The Morgan fingerprint density at radius 1 is 1.03 bits per heavy atom. The van der Waals surface area contributed by atoms with E-state index >= 15 is 0 Å². The average Bonchev–Trinajstić information content (AvgIpc) is 3.17. The van der Waals surface area contributed by atoms with Gasteiger partial charge < -0.3 is 14.6 Å². The molecule has 154 valence electrons. The van der Waals surface area contributed by atoms with Crippen LogP contribution in [0.1, 0.15) is 30.7 Å². The fourth-order valence-electron chi connectivity index (χ4n) is 4.20. The zero-order chi connectivity index (χ0) is 20.5. The van der Waals surface area contributed by atoms with Crippen LogP contribution in [-0.4, -0.2) is 28.3 Å². The van der Waals surface area contributed by atoms with Crippen LogP contribution in [0.4, 0.5) is 0 Å². The first-order valence-corrected chi connectivity index (χ1v) is 11.2. The normalized spacial score (nSPS) is 19.3. The van der Waals surface area contributed by atoms with Gasteiger partial charge in [0.05, 0.1) is 34.0 Å². The molecule has 1 aliphatic rings. The van der Waals surface area contributed by atoms with Gasteiger partial charge in [-0.1, -0.05) is 12.8 Å². The summed E-state index contributed by atoms with van der Waals surface area (Å²) in [6, 6.07) is 13.7. The Morgan fingerprint density at radius 2 is 1.90 bits per heavy atom. The second kappa shape index (κ2) is 8.20. The molecule has 2 aromatic heterocycles. The average molecular weight is 421 g/mol. The van der Waals surface area contributed by atoms with E-state index in [1.807, 2.05) is 42.5 Å². The number of thiazole rings is 1. The molecule has 0 bridgehead atoms. The fraction of sp³-hybridized carbons (Fsp3) is 0.333. The van der Waals surface area contributed by atoms with Crippen LogP contribution in [-0.2, 0) is 6.42 Å². The van der Waals surface area contributed by atoms with Crippen molar-refractivity contribution in [2.45, 2.75) is 38.2 Å². The molecule has 4 aromatic rings. The summed E-state index contributed by atoms with van der Waals surface area (Å²) in [6.45, 7) is 0. The minimum atomic E-state index is -0.191. The van der Waals surface area contributed by atoms with Crippen molar-refractivity contribution >= 4 is 32.5 Å². The number of rotatable bonds is 5. The zero-order valence-electron chi connectivity index (χ0n) is 16.9. The number of aliphatic hydroxyl groups excluding tert-OH is 1. The highest BCUT2D eigenvalue weighted by Crippen LogP contribution is 2.35. The number of methoxy groups -OCH3 is 1. The highest BCUT2D eigenvalue weighted by Gasteiger charge is 2.24. The molecule has 6 heteroatoms. The summed E-state index contributed by atoms with van der Waals surface area (Å²) in [6.07, 6.45) is 6.75. The van der Waals surface area contributed by atoms with Crippen LogP contribution in [0.5, 0.6) is 17.2 Å². The number of hydrogen-bond acceptors (Lipinski definition) is 6. The molecule has 0 spiro atoms. The third-order valence-corrected chi connectivity index (χ3v) is 6.89. The van der Waals surface area contributed by atoms with Gasteiger partial charge in [-0.2, -0.15) is 0 Å². The van der Waals surface area contributed by atoms with Gasteiger partial charge in [-0.05, 0) is 49.1 Å². The summed E-state index contributed by atoms with van der Waals surface area (Å²) < 4.78 is 12.6. The maximum Gasteiger partial charge on any atom is 0.138 e. The summed E-state index contributed by atoms with van der Waals surface area (Å²) in [5.74, 6) is 2.64. The van der Waals surface area contributed by atoms with Crippen LogP contribution < -0.4 is 9.47 Å². The van der Waals surface area contributed by atoms with Gasteiger partial charge in [-0.25, -0.2) is 4.98 Å². The monoisotopic (exact) mass is 420 g/mol. The summed E-state index contributed by atoms with van der Waals surface area (Å²) in [5, 5.41) is 12.3. The Morgan fingerprint density at radius 3 is 2.77 bits per heavy atom. The molecule has 1 N–H and O–H groups in total. The van der Waals surface area contributed by atoms with Gasteiger partial charge in [-0.15, -0.1) is 11.3 Å². The van der Waals surface area contributed by atoms with Gasteiger partial charge in [0.25, 0.3) is 0 Å². The molecule has 30 heavy (non-hydrogen) atoms. The van der Waals surface area contributed by atoms with E-state index < -0.39 is 0 Å². The molecule has 0 radical (unpaired) electrons. The van der Waals surface area contributed by atoms with Crippen molar-refractivity contribution in [1.82, 2.24) is 9.97 Å². The molecule has 5 rings (SSSR count). The number of pyridine rings is 1. The van der Waals surface area contributed by atoms with Gasteiger partial charge in [0.15, 0.2) is 0 Å². The molecule has 0 unspecified atom stereocenters. The maximum atomic E-state index is 10.3. The van der Waals surface area contributed by atoms with Crippen molar-refractivity contribution in [3.8, 4) is 17.2 Å². The van der Waals surface area contributed by atoms with Gasteiger partial charge in [0.1, 0.15) is 17.2 Å². The Bertz CT molecular complexity index is 1190. The molecule has 1 aliphatic carbocycles. The van der Waals surface area contributed by atoms with Crippen molar-refractivity contribution in [1.29, 1.82) is 0 Å². The molecule has 1 fully saturated rings. The lowest BCUT2D eigenvalue weighted by molar-refractivity contribution is 0.0700.